The highest BCUT2D eigenvalue weighted by atomic mass is 16.5. The van der Waals surface area contributed by atoms with Crippen LogP contribution in [0.2, 0.25) is 0 Å². The van der Waals surface area contributed by atoms with Gasteiger partial charge in [0.05, 0.1) is 26.1 Å². The summed E-state index contributed by atoms with van der Waals surface area (Å²) in [6, 6.07) is 0. The van der Waals surface area contributed by atoms with Gasteiger partial charge in [0.1, 0.15) is 6.61 Å². The second-order valence-electron chi connectivity index (χ2n) is 6.50. The molecule has 0 N–H and O–H groups in total. The van der Waals surface area contributed by atoms with Crippen LogP contribution in [-0.2, 0) is 14.2 Å². The Bertz CT molecular complexity index is 231. The molecule has 0 rings (SSSR count). The van der Waals surface area contributed by atoms with Gasteiger partial charge in [-0.05, 0) is 6.42 Å². The van der Waals surface area contributed by atoms with E-state index in [1.54, 1.807) is 0 Å². The second kappa shape index (κ2) is 22.5. The fraction of sp³-hybridized carbons (Fsp3) is 0.905. The van der Waals surface area contributed by atoms with E-state index in [-0.39, 0.29) is 0 Å². The van der Waals surface area contributed by atoms with Gasteiger partial charge in [-0.1, -0.05) is 90.6 Å². The van der Waals surface area contributed by atoms with E-state index in [0.29, 0.717) is 26.4 Å². The second-order valence-corrected chi connectivity index (χ2v) is 6.50. The van der Waals surface area contributed by atoms with Gasteiger partial charge >= 0.3 is 0 Å². The van der Waals surface area contributed by atoms with E-state index in [0.717, 1.165) is 6.61 Å². The highest BCUT2D eigenvalue weighted by Crippen LogP contribution is 2.12. The maximum atomic E-state index is 5.55. The largest absolute Gasteiger partial charge is 0.499 e. The molecule has 24 heavy (non-hydrogen) atoms. The molecule has 0 aliphatic carbocycles. The summed E-state index contributed by atoms with van der Waals surface area (Å²) in [5.74, 6) is 0. The molecule has 0 aliphatic heterocycles. The van der Waals surface area contributed by atoms with Gasteiger partial charge in [0.25, 0.3) is 0 Å². The van der Waals surface area contributed by atoms with E-state index >= 15 is 0 Å². The van der Waals surface area contributed by atoms with Gasteiger partial charge in [-0.25, -0.2) is 0 Å². The smallest absolute Gasteiger partial charge is 0.111 e. The molecule has 0 fully saturated rings. The zero-order valence-electron chi connectivity index (χ0n) is 16.2. The number of hydrogen-bond acceptors (Lipinski definition) is 3. The van der Waals surface area contributed by atoms with E-state index in [1.165, 1.54) is 89.7 Å². The third-order valence-corrected chi connectivity index (χ3v) is 4.23. The van der Waals surface area contributed by atoms with E-state index in [2.05, 4.69) is 13.5 Å². The summed E-state index contributed by atoms with van der Waals surface area (Å²) in [5, 5.41) is 0. The van der Waals surface area contributed by atoms with Crippen LogP contribution in [0.15, 0.2) is 12.8 Å². The summed E-state index contributed by atoms with van der Waals surface area (Å²) in [7, 11) is 0. The molecule has 3 heteroatoms. The summed E-state index contributed by atoms with van der Waals surface area (Å²) < 4.78 is 15.9. The van der Waals surface area contributed by atoms with Crippen LogP contribution in [0.1, 0.15) is 90.4 Å². The van der Waals surface area contributed by atoms with Crippen molar-refractivity contribution in [1.29, 1.82) is 0 Å². The molecular formula is C21H42O3. The van der Waals surface area contributed by atoms with E-state index < -0.39 is 0 Å². The zero-order chi connectivity index (χ0) is 17.6. The maximum Gasteiger partial charge on any atom is 0.111 e. The van der Waals surface area contributed by atoms with Crippen LogP contribution >= 0.6 is 0 Å². The number of unbranched alkanes of at least 4 members (excludes halogenated alkanes) is 12. The molecule has 0 aromatic carbocycles. The molecule has 0 aromatic rings. The van der Waals surface area contributed by atoms with Gasteiger partial charge in [-0.2, -0.15) is 0 Å². The first kappa shape index (κ1) is 23.5. The average Bonchev–Trinajstić information content (AvgIpc) is 2.60. The van der Waals surface area contributed by atoms with Crippen LogP contribution in [0.4, 0.5) is 0 Å². The first-order chi connectivity index (χ1) is 11.9. The standard InChI is InChI=1S/C21H42O3/c1-3-5-6-7-8-9-10-11-12-13-14-15-16-17-23-20-21-24-19-18-22-4-2/h4H,2-3,5-21H2,1H3. The van der Waals surface area contributed by atoms with Crippen molar-refractivity contribution in [3.63, 3.8) is 0 Å². The summed E-state index contributed by atoms with van der Waals surface area (Å²) >= 11 is 0. The van der Waals surface area contributed by atoms with Crippen molar-refractivity contribution in [2.45, 2.75) is 90.4 Å². The fourth-order valence-corrected chi connectivity index (χ4v) is 2.73. The molecule has 0 unspecified atom stereocenters. The number of ether oxygens (including phenoxy) is 3. The molecule has 0 bridgehead atoms. The van der Waals surface area contributed by atoms with Crippen molar-refractivity contribution in [2.75, 3.05) is 33.0 Å². The summed E-state index contributed by atoms with van der Waals surface area (Å²) in [6.45, 7) is 9.14. The molecule has 0 amide bonds. The predicted octanol–water partition coefficient (Wildman–Crippen LogP) is 6.27. The van der Waals surface area contributed by atoms with Crippen LogP contribution in [-0.4, -0.2) is 33.0 Å². The minimum absolute atomic E-state index is 0.572. The lowest BCUT2D eigenvalue weighted by Gasteiger charge is -2.06. The van der Waals surface area contributed by atoms with Crippen molar-refractivity contribution >= 4 is 0 Å². The van der Waals surface area contributed by atoms with Crippen molar-refractivity contribution in [2.24, 2.45) is 0 Å². The van der Waals surface area contributed by atoms with Crippen molar-refractivity contribution in [3.8, 4) is 0 Å². The summed E-state index contributed by atoms with van der Waals surface area (Å²) in [4.78, 5) is 0. The monoisotopic (exact) mass is 342 g/mol. The minimum Gasteiger partial charge on any atom is -0.499 e. The highest BCUT2D eigenvalue weighted by molar-refractivity contribution is 4.49. The normalized spacial score (nSPS) is 10.9. The summed E-state index contributed by atoms with van der Waals surface area (Å²) in [5.41, 5.74) is 0. The van der Waals surface area contributed by atoms with Gasteiger partial charge in [-0.3, -0.25) is 0 Å². The summed E-state index contributed by atoms with van der Waals surface area (Å²) in [6.07, 6.45) is 19.5. The molecule has 0 aromatic heterocycles. The lowest BCUT2D eigenvalue weighted by Crippen LogP contribution is -2.08. The van der Waals surface area contributed by atoms with Crippen LogP contribution in [0.3, 0.4) is 0 Å². The first-order valence-corrected chi connectivity index (χ1v) is 10.3. The van der Waals surface area contributed by atoms with Gasteiger partial charge in [-0.15, -0.1) is 0 Å². The Balaban J connectivity index is 2.94. The highest BCUT2D eigenvalue weighted by Gasteiger charge is 1.94. The van der Waals surface area contributed by atoms with Crippen molar-refractivity contribution < 1.29 is 14.2 Å². The van der Waals surface area contributed by atoms with E-state index in [9.17, 15) is 0 Å². The third kappa shape index (κ3) is 21.5. The first-order valence-electron chi connectivity index (χ1n) is 10.3. The molecular weight excluding hydrogens is 300 g/mol. The fourth-order valence-electron chi connectivity index (χ4n) is 2.73. The van der Waals surface area contributed by atoms with Crippen LogP contribution in [0, 0.1) is 0 Å². The molecule has 0 radical (unpaired) electrons. The molecule has 3 nitrogen and oxygen atoms in total. The van der Waals surface area contributed by atoms with Crippen molar-refractivity contribution in [1.82, 2.24) is 0 Å². The number of hydrogen-bond donors (Lipinski definition) is 0. The minimum atomic E-state index is 0.572. The number of rotatable bonds is 21. The van der Waals surface area contributed by atoms with Crippen molar-refractivity contribution in [3.05, 3.63) is 12.8 Å². The SMILES string of the molecule is C=COCCOCCOCCCCCCCCCCCCCCC. The van der Waals surface area contributed by atoms with Gasteiger partial charge in [0.2, 0.25) is 0 Å². The molecule has 0 saturated heterocycles. The Labute approximate surface area is 151 Å². The third-order valence-electron chi connectivity index (χ3n) is 4.23. The van der Waals surface area contributed by atoms with Gasteiger partial charge in [0, 0.05) is 6.61 Å². The lowest BCUT2D eigenvalue weighted by molar-refractivity contribution is 0.0296. The van der Waals surface area contributed by atoms with Crippen LogP contribution in [0.25, 0.3) is 0 Å². The Morgan fingerprint density at radius 1 is 0.542 bits per heavy atom. The predicted molar refractivity (Wildman–Crippen MR) is 103 cm³/mol. The average molecular weight is 343 g/mol. The molecule has 144 valence electrons. The molecule has 0 saturated carbocycles. The lowest BCUT2D eigenvalue weighted by atomic mass is 10.0. The molecule has 0 atom stereocenters. The topological polar surface area (TPSA) is 27.7 Å². The quantitative estimate of drug-likeness (QED) is 0.182. The van der Waals surface area contributed by atoms with Crippen LogP contribution < -0.4 is 0 Å². The van der Waals surface area contributed by atoms with Gasteiger partial charge < -0.3 is 14.2 Å². The Hall–Kier alpha value is -0.540. The molecule has 0 spiro atoms. The Morgan fingerprint density at radius 2 is 0.958 bits per heavy atom. The zero-order valence-corrected chi connectivity index (χ0v) is 16.2. The van der Waals surface area contributed by atoms with E-state index in [1.807, 2.05) is 0 Å². The van der Waals surface area contributed by atoms with Gasteiger partial charge in [0.15, 0.2) is 0 Å². The Morgan fingerprint density at radius 3 is 1.46 bits per heavy atom. The maximum absolute atomic E-state index is 5.55. The molecule has 0 aliphatic rings. The van der Waals surface area contributed by atoms with Crippen LogP contribution in [0.5, 0.6) is 0 Å². The molecule has 0 heterocycles. The van der Waals surface area contributed by atoms with E-state index in [4.69, 9.17) is 14.2 Å². The Kier molecular flexibility index (Phi) is 22.0.